The summed E-state index contributed by atoms with van der Waals surface area (Å²) in [7, 11) is 0. The van der Waals surface area contributed by atoms with Gasteiger partial charge in [-0.2, -0.15) is 4.98 Å². The van der Waals surface area contributed by atoms with Gasteiger partial charge in [-0.25, -0.2) is 0 Å². The zero-order valence-corrected chi connectivity index (χ0v) is 16.7. The van der Waals surface area contributed by atoms with Gasteiger partial charge >= 0.3 is 0 Å². The van der Waals surface area contributed by atoms with E-state index in [1.165, 1.54) is 22.5 Å². The number of carbonyl (C=O) groups is 1. The lowest BCUT2D eigenvalue weighted by Crippen LogP contribution is -2.38. The zero-order valence-electron chi connectivity index (χ0n) is 15.9. The molecule has 1 aromatic carbocycles. The van der Waals surface area contributed by atoms with E-state index in [0.29, 0.717) is 11.7 Å². The van der Waals surface area contributed by atoms with Crippen molar-refractivity contribution in [3.05, 3.63) is 57.1 Å². The molecule has 0 aliphatic carbocycles. The van der Waals surface area contributed by atoms with Crippen LogP contribution >= 0.6 is 11.3 Å². The molecule has 3 heterocycles. The Morgan fingerprint density at radius 3 is 2.74 bits per heavy atom. The predicted molar refractivity (Wildman–Crippen MR) is 106 cm³/mol. The number of aryl methyl sites for hydroxylation is 3. The molecule has 2 aromatic heterocycles. The van der Waals surface area contributed by atoms with Crippen molar-refractivity contribution >= 4 is 17.2 Å². The standard InChI is InChI=1S/C21H23N3O2S/c1-13-7-8-16(12-15(13)3)19-22-20(26-23-19)17-6-4-5-10-24(17)21(25)18-14(2)9-11-27-18/h7-9,11-12,17H,4-6,10H2,1-3H3. The second kappa shape index (κ2) is 7.27. The van der Waals surface area contributed by atoms with Crippen molar-refractivity contribution in [3.8, 4) is 11.4 Å². The van der Waals surface area contributed by atoms with Crippen molar-refractivity contribution in [2.45, 2.75) is 46.1 Å². The van der Waals surface area contributed by atoms with Crippen molar-refractivity contribution in [1.82, 2.24) is 15.0 Å². The number of aromatic nitrogens is 2. The van der Waals surface area contributed by atoms with Crippen molar-refractivity contribution < 1.29 is 9.32 Å². The third-order valence-corrected chi connectivity index (χ3v) is 6.32. The van der Waals surface area contributed by atoms with Crippen LogP contribution in [0.3, 0.4) is 0 Å². The highest BCUT2D eigenvalue weighted by atomic mass is 32.1. The molecule has 1 amide bonds. The second-order valence-corrected chi connectivity index (χ2v) is 8.11. The molecule has 1 aliphatic rings. The highest BCUT2D eigenvalue weighted by Crippen LogP contribution is 2.33. The molecule has 27 heavy (non-hydrogen) atoms. The van der Waals surface area contributed by atoms with Crippen LogP contribution in [0.15, 0.2) is 34.2 Å². The number of thiophene rings is 1. The molecular formula is C21H23N3O2S. The molecule has 3 aromatic rings. The van der Waals surface area contributed by atoms with E-state index in [1.54, 1.807) is 0 Å². The molecule has 0 radical (unpaired) electrons. The van der Waals surface area contributed by atoms with Crippen LogP contribution < -0.4 is 0 Å². The van der Waals surface area contributed by atoms with Gasteiger partial charge in [0.05, 0.1) is 4.88 Å². The average molecular weight is 382 g/mol. The molecule has 1 saturated heterocycles. The summed E-state index contributed by atoms with van der Waals surface area (Å²) in [5.41, 5.74) is 4.39. The van der Waals surface area contributed by atoms with Crippen LogP contribution in [0.5, 0.6) is 0 Å². The van der Waals surface area contributed by atoms with Crippen molar-refractivity contribution in [1.29, 1.82) is 0 Å². The summed E-state index contributed by atoms with van der Waals surface area (Å²) in [5.74, 6) is 1.18. The quantitative estimate of drug-likeness (QED) is 0.634. The maximum Gasteiger partial charge on any atom is 0.264 e. The Hall–Kier alpha value is -2.47. The molecule has 140 valence electrons. The molecular weight excluding hydrogens is 358 g/mol. The summed E-state index contributed by atoms with van der Waals surface area (Å²) in [4.78, 5) is 20.4. The molecule has 6 heteroatoms. The number of rotatable bonds is 3. The highest BCUT2D eigenvalue weighted by molar-refractivity contribution is 7.12. The van der Waals surface area contributed by atoms with E-state index in [-0.39, 0.29) is 11.9 Å². The molecule has 1 aliphatic heterocycles. The Kier molecular flexibility index (Phi) is 4.83. The first kappa shape index (κ1) is 17.9. The van der Waals surface area contributed by atoms with Gasteiger partial charge in [-0.15, -0.1) is 11.3 Å². The summed E-state index contributed by atoms with van der Waals surface area (Å²) in [6, 6.07) is 7.98. The molecule has 0 spiro atoms. The van der Waals surface area contributed by atoms with E-state index in [9.17, 15) is 4.79 Å². The van der Waals surface area contributed by atoms with Crippen LogP contribution in [0, 0.1) is 20.8 Å². The smallest absolute Gasteiger partial charge is 0.264 e. The number of hydrogen-bond acceptors (Lipinski definition) is 5. The van der Waals surface area contributed by atoms with Crippen LogP contribution in [0.4, 0.5) is 0 Å². The van der Waals surface area contributed by atoms with Crippen molar-refractivity contribution in [3.63, 3.8) is 0 Å². The van der Waals surface area contributed by atoms with E-state index in [0.717, 1.165) is 41.8 Å². The molecule has 0 bridgehead atoms. The minimum atomic E-state index is -0.152. The Morgan fingerprint density at radius 2 is 2.00 bits per heavy atom. The molecule has 1 atom stereocenters. The van der Waals surface area contributed by atoms with Gasteiger partial charge in [-0.05, 0) is 74.2 Å². The topological polar surface area (TPSA) is 59.2 Å². The Balaban J connectivity index is 1.63. The van der Waals surface area contributed by atoms with Gasteiger partial charge in [-0.3, -0.25) is 4.79 Å². The fraction of sp³-hybridized carbons (Fsp3) is 0.381. The van der Waals surface area contributed by atoms with Crippen molar-refractivity contribution in [2.75, 3.05) is 6.54 Å². The van der Waals surface area contributed by atoms with Gasteiger partial charge in [0, 0.05) is 12.1 Å². The minimum Gasteiger partial charge on any atom is -0.337 e. The lowest BCUT2D eigenvalue weighted by molar-refractivity contribution is 0.0565. The fourth-order valence-electron chi connectivity index (χ4n) is 3.52. The average Bonchev–Trinajstić information content (AvgIpc) is 3.33. The van der Waals surface area contributed by atoms with Crippen LogP contribution in [-0.4, -0.2) is 27.5 Å². The van der Waals surface area contributed by atoms with Gasteiger partial charge in [0.1, 0.15) is 6.04 Å². The maximum absolute atomic E-state index is 13.1. The molecule has 0 saturated carbocycles. The minimum absolute atomic E-state index is 0.0677. The Bertz CT molecular complexity index is 975. The van der Waals surface area contributed by atoms with Gasteiger partial charge in [0.25, 0.3) is 5.91 Å². The van der Waals surface area contributed by atoms with Crippen LogP contribution in [-0.2, 0) is 0 Å². The normalized spacial score (nSPS) is 17.3. The third-order valence-electron chi connectivity index (χ3n) is 5.31. The lowest BCUT2D eigenvalue weighted by atomic mass is 10.0. The number of carbonyl (C=O) groups excluding carboxylic acids is 1. The van der Waals surface area contributed by atoms with Crippen molar-refractivity contribution in [2.24, 2.45) is 0 Å². The summed E-state index contributed by atoms with van der Waals surface area (Å²) in [6.45, 7) is 6.86. The zero-order chi connectivity index (χ0) is 19.0. The number of amides is 1. The van der Waals surface area contributed by atoms with E-state index < -0.39 is 0 Å². The maximum atomic E-state index is 13.1. The summed E-state index contributed by atoms with van der Waals surface area (Å²) in [5, 5.41) is 6.15. The summed E-state index contributed by atoms with van der Waals surface area (Å²) < 4.78 is 5.61. The molecule has 0 N–H and O–H groups in total. The SMILES string of the molecule is Cc1ccc(-c2noc(C3CCCCN3C(=O)c3sccc3C)n2)cc1C. The highest BCUT2D eigenvalue weighted by Gasteiger charge is 2.33. The summed E-state index contributed by atoms with van der Waals surface area (Å²) in [6.07, 6.45) is 2.91. The molecule has 4 rings (SSSR count). The number of benzene rings is 1. The van der Waals surface area contributed by atoms with Gasteiger partial charge in [-0.1, -0.05) is 17.3 Å². The number of likely N-dealkylation sites (tertiary alicyclic amines) is 1. The van der Waals surface area contributed by atoms with Crippen LogP contribution in [0.2, 0.25) is 0 Å². The number of hydrogen-bond donors (Lipinski definition) is 0. The molecule has 1 unspecified atom stereocenters. The van der Waals surface area contributed by atoms with Gasteiger partial charge in [0.2, 0.25) is 11.7 Å². The monoisotopic (exact) mass is 381 g/mol. The van der Waals surface area contributed by atoms with Crippen LogP contribution in [0.25, 0.3) is 11.4 Å². The number of piperidine rings is 1. The van der Waals surface area contributed by atoms with E-state index in [2.05, 4.69) is 36.1 Å². The van der Waals surface area contributed by atoms with E-state index >= 15 is 0 Å². The third kappa shape index (κ3) is 3.41. The number of nitrogens with zero attached hydrogens (tertiary/aromatic N) is 3. The first-order valence-electron chi connectivity index (χ1n) is 9.31. The van der Waals surface area contributed by atoms with E-state index in [4.69, 9.17) is 4.52 Å². The lowest BCUT2D eigenvalue weighted by Gasteiger charge is -2.33. The first-order valence-corrected chi connectivity index (χ1v) is 10.2. The van der Waals surface area contributed by atoms with E-state index in [1.807, 2.05) is 29.3 Å². The van der Waals surface area contributed by atoms with Gasteiger partial charge < -0.3 is 9.42 Å². The second-order valence-electron chi connectivity index (χ2n) is 7.20. The first-order chi connectivity index (χ1) is 13.0. The summed E-state index contributed by atoms with van der Waals surface area (Å²) >= 11 is 1.50. The Morgan fingerprint density at radius 1 is 1.15 bits per heavy atom. The Labute approximate surface area is 163 Å². The largest absolute Gasteiger partial charge is 0.337 e. The fourth-order valence-corrected chi connectivity index (χ4v) is 4.40. The molecule has 1 fully saturated rings. The van der Waals surface area contributed by atoms with Crippen LogP contribution in [0.1, 0.15) is 57.6 Å². The van der Waals surface area contributed by atoms with Gasteiger partial charge in [0.15, 0.2) is 0 Å². The predicted octanol–water partition coefficient (Wildman–Crippen LogP) is 5.09. The molecule has 5 nitrogen and oxygen atoms in total.